The Morgan fingerprint density at radius 3 is 2.44 bits per heavy atom. The largest absolute Gasteiger partial charge is 0.454 e. The molecule has 2 aliphatic heterocycles. The van der Waals surface area contributed by atoms with Crippen LogP contribution in [0.15, 0.2) is 42.5 Å². The number of ether oxygens (including phenoxy) is 2. The lowest BCUT2D eigenvalue weighted by Gasteiger charge is -2.36. The summed E-state index contributed by atoms with van der Waals surface area (Å²) in [5, 5.41) is 5.91. The lowest BCUT2D eigenvalue weighted by Crippen LogP contribution is -2.54. The number of rotatable bonds is 6. The Hall–Kier alpha value is -3.62. The zero-order valence-corrected chi connectivity index (χ0v) is 18.6. The maximum atomic E-state index is 13.5. The molecule has 0 bridgehead atoms. The van der Waals surface area contributed by atoms with Crippen molar-refractivity contribution in [3.05, 3.63) is 59.4 Å². The Bertz CT molecular complexity index is 1110. The number of carbonyl (C=O) groups is 3. The van der Waals surface area contributed by atoms with E-state index in [4.69, 9.17) is 9.47 Å². The van der Waals surface area contributed by atoms with Crippen LogP contribution in [0.1, 0.15) is 46.4 Å². The summed E-state index contributed by atoms with van der Waals surface area (Å²) in [6.45, 7) is 0.958. The van der Waals surface area contributed by atoms with Crippen LogP contribution in [0.5, 0.6) is 11.5 Å². The monoisotopic (exact) mass is 467 g/mol. The molecule has 8 nitrogen and oxygen atoms in total. The maximum Gasteiger partial charge on any atom is 0.253 e. The summed E-state index contributed by atoms with van der Waals surface area (Å²) >= 11 is 0. The average molecular weight is 467 g/mol. The van der Waals surface area contributed by atoms with E-state index in [-0.39, 0.29) is 36.5 Å². The number of nitrogens with zero attached hydrogens (tertiary/aromatic N) is 1. The van der Waals surface area contributed by atoms with Gasteiger partial charge in [0.1, 0.15) is 11.9 Å². The fourth-order valence-electron chi connectivity index (χ4n) is 4.42. The first kappa shape index (κ1) is 22.2. The van der Waals surface area contributed by atoms with Gasteiger partial charge in [0.25, 0.3) is 11.8 Å². The van der Waals surface area contributed by atoms with Crippen LogP contribution in [0.4, 0.5) is 4.39 Å². The Kier molecular flexibility index (Phi) is 6.08. The molecule has 2 fully saturated rings. The minimum absolute atomic E-state index is 0.111. The highest BCUT2D eigenvalue weighted by Gasteiger charge is 2.36. The third-order valence-electron chi connectivity index (χ3n) is 6.50. The minimum Gasteiger partial charge on any atom is -0.454 e. The summed E-state index contributed by atoms with van der Waals surface area (Å²) in [5.74, 6) is -0.317. The molecule has 34 heavy (non-hydrogen) atoms. The molecule has 0 radical (unpaired) electrons. The van der Waals surface area contributed by atoms with Gasteiger partial charge in [-0.25, -0.2) is 4.39 Å². The van der Waals surface area contributed by atoms with Crippen LogP contribution in [0, 0.1) is 11.7 Å². The molecule has 2 N–H and O–H groups in total. The van der Waals surface area contributed by atoms with E-state index in [1.54, 1.807) is 29.2 Å². The predicted molar refractivity (Wildman–Crippen MR) is 120 cm³/mol. The number of hydrogen-bond donors (Lipinski definition) is 2. The number of hydrogen-bond acceptors (Lipinski definition) is 5. The Morgan fingerprint density at radius 2 is 1.71 bits per heavy atom. The zero-order valence-electron chi connectivity index (χ0n) is 18.6. The Morgan fingerprint density at radius 1 is 0.941 bits per heavy atom. The van der Waals surface area contributed by atoms with Crippen LogP contribution in [-0.2, 0) is 4.79 Å². The van der Waals surface area contributed by atoms with E-state index in [2.05, 4.69) is 10.6 Å². The highest BCUT2D eigenvalue weighted by molar-refractivity contribution is 5.98. The molecule has 0 aromatic heterocycles. The third kappa shape index (κ3) is 4.83. The van der Waals surface area contributed by atoms with Gasteiger partial charge in [-0.1, -0.05) is 6.07 Å². The summed E-state index contributed by atoms with van der Waals surface area (Å²) in [6, 6.07) is 9.99. The Labute approximate surface area is 196 Å². The first-order chi connectivity index (χ1) is 16.5. The molecule has 2 heterocycles. The van der Waals surface area contributed by atoms with Crippen molar-refractivity contribution in [3.8, 4) is 11.5 Å². The van der Waals surface area contributed by atoms with Gasteiger partial charge in [-0.15, -0.1) is 0 Å². The normalized spacial score (nSPS) is 18.3. The van der Waals surface area contributed by atoms with E-state index in [0.717, 1.165) is 12.8 Å². The first-order valence-corrected chi connectivity index (χ1v) is 11.5. The number of likely N-dealkylation sites (tertiary alicyclic amines) is 1. The standard InChI is InChI=1S/C25H26FN3O5/c26-18-3-1-2-17(12-18)25(32)29-10-8-15(9-11-29)22(24(31)27-19-5-6-19)28-23(30)16-4-7-20-21(13-16)34-14-33-20/h1-4,7,12-13,15,19,22H,5-6,8-11,14H2,(H,27,31)(H,28,30)/t22-/m0/s1. The van der Waals surface area contributed by atoms with E-state index in [1.807, 2.05) is 0 Å². The molecule has 5 rings (SSSR count). The van der Waals surface area contributed by atoms with Crippen molar-refractivity contribution in [3.63, 3.8) is 0 Å². The van der Waals surface area contributed by atoms with Crippen molar-refractivity contribution < 1.29 is 28.2 Å². The van der Waals surface area contributed by atoms with Gasteiger partial charge in [-0.3, -0.25) is 14.4 Å². The second-order valence-corrected chi connectivity index (χ2v) is 8.94. The molecule has 9 heteroatoms. The van der Waals surface area contributed by atoms with E-state index in [0.29, 0.717) is 48.6 Å². The third-order valence-corrected chi connectivity index (χ3v) is 6.50. The van der Waals surface area contributed by atoms with Crippen molar-refractivity contribution >= 4 is 17.7 Å². The number of benzene rings is 2. The predicted octanol–water partition coefficient (Wildman–Crippen LogP) is 2.48. The summed E-state index contributed by atoms with van der Waals surface area (Å²) in [4.78, 5) is 40.5. The average Bonchev–Trinajstić information content (AvgIpc) is 3.54. The zero-order chi connectivity index (χ0) is 23.7. The molecule has 3 aliphatic rings. The van der Waals surface area contributed by atoms with Crippen molar-refractivity contribution in [2.24, 2.45) is 5.92 Å². The highest BCUT2D eigenvalue weighted by atomic mass is 19.1. The van der Waals surface area contributed by atoms with Gasteiger partial charge in [-0.05, 0) is 68.0 Å². The van der Waals surface area contributed by atoms with Crippen LogP contribution in [0.25, 0.3) is 0 Å². The lowest BCUT2D eigenvalue weighted by molar-refractivity contribution is -0.124. The van der Waals surface area contributed by atoms with Gasteiger partial charge in [0.05, 0.1) is 0 Å². The van der Waals surface area contributed by atoms with Crippen LogP contribution in [0.3, 0.4) is 0 Å². The van der Waals surface area contributed by atoms with Crippen LogP contribution in [-0.4, -0.2) is 54.6 Å². The molecule has 3 amide bonds. The number of fused-ring (bicyclic) bond motifs is 1. The number of piperidine rings is 1. The SMILES string of the molecule is O=C(N[C@H](C(=O)NC1CC1)C1CCN(C(=O)c2cccc(F)c2)CC1)c1ccc2c(c1)OCO2. The maximum absolute atomic E-state index is 13.5. The van der Waals surface area contributed by atoms with Gasteiger partial charge >= 0.3 is 0 Å². The molecule has 1 saturated carbocycles. The first-order valence-electron chi connectivity index (χ1n) is 11.5. The molecular formula is C25H26FN3O5. The van der Waals surface area contributed by atoms with Gasteiger partial charge in [0.15, 0.2) is 11.5 Å². The molecule has 1 atom stereocenters. The minimum atomic E-state index is -0.718. The molecular weight excluding hydrogens is 441 g/mol. The summed E-state index contributed by atoms with van der Waals surface area (Å²) in [5.41, 5.74) is 0.685. The van der Waals surface area contributed by atoms with Crippen molar-refractivity contribution in [2.75, 3.05) is 19.9 Å². The van der Waals surface area contributed by atoms with E-state index < -0.39 is 11.9 Å². The number of halogens is 1. The molecule has 2 aromatic carbocycles. The highest BCUT2D eigenvalue weighted by Crippen LogP contribution is 2.32. The van der Waals surface area contributed by atoms with Crippen LogP contribution in [0.2, 0.25) is 0 Å². The van der Waals surface area contributed by atoms with E-state index in [1.165, 1.54) is 18.2 Å². The van der Waals surface area contributed by atoms with Gasteiger partial charge < -0.3 is 25.0 Å². The molecule has 0 unspecified atom stereocenters. The molecule has 178 valence electrons. The number of amides is 3. The number of carbonyl (C=O) groups excluding carboxylic acids is 3. The van der Waals surface area contributed by atoms with E-state index in [9.17, 15) is 18.8 Å². The second kappa shape index (κ2) is 9.32. The molecule has 1 aliphatic carbocycles. The van der Waals surface area contributed by atoms with Gasteiger partial charge in [0, 0.05) is 30.3 Å². The van der Waals surface area contributed by atoms with Gasteiger partial charge in [-0.2, -0.15) is 0 Å². The summed E-state index contributed by atoms with van der Waals surface area (Å²) < 4.78 is 24.2. The Balaban J connectivity index is 1.26. The summed E-state index contributed by atoms with van der Waals surface area (Å²) in [6.07, 6.45) is 2.97. The van der Waals surface area contributed by atoms with E-state index >= 15 is 0 Å². The van der Waals surface area contributed by atoms with Crippen molar-refractivity contribution in [1.82, 2.24) is 15.5 Å². The van der Waals surface area contributed by atoms with Crippen LogP contribution >= 0.6 is 0 Å². The lowest BCUT2D eigenvalue weighted by atomic mass is 9.88. The van der Waals surface area contributed by atoms with Crippen molar-refractivity contribution in [2.45, 2.75) is 37.8 Å². The summed E-state index contributed by atoms with van der Waals surface area (Å²) in [7, 11) is 0. The second-order valence-electron chi connectivity index (χ2n) is 8.94. The molecule has 1 saturated heterocycles. The number of nitrogens with one attached hydrogen (secondary N) is 2. The molecule has 0 spiro atoms. The quantitative estimate of drug-likeness (QED) is 0.681. The van der Waals surface area contributed by atoms with Gasteiger partial charge in [0.2, 0.25) is 12.7 Å². The van der Waals surface area contributed by atoms with Crippen molar-refractivity contribution in [1.29, 1.82) is 0 Å². The van der Waals surface area contributed by atoms with Crippen LogP contribution < -0.4 is 20.1 Å². The fourth-order valence-corrected chi connectivity index (χ4v) is 4.42. The fraction of sp³-hybridized carbons (Fsp3) is 0.400. The molecule has 2 aromatic rings. The smallest absolute Gasteiger partial charge is 0.253 e. The topological polar surface area (TPSA) is 97.0 Å².